The van der Waals surface area contributed by atoms with Gasteiger partial charge in [0.2, 0.25) is 0 Å². The Bertz CT molecular complexity index is 717. The molecule has 6 nitrogen and oxygen atoms in total. The highest BCUT2D eigenvalue weighted by molar-refractivity contribution is 7.07. The van der Waals surface area contributed by atoms with E-state index >= 15 is 0 Å². The number of anilines is 2. The molecule has 3 N–H and O–H groups in total. The lowest BCUT2D eigenvalue weighted by atomic mass is 9.90. The quantitative estimate of drug-likeness (QED) is 0.244. The van der Waals surface area contributed by atoms with Crippen LogP contribution in [0.4, 0.5) is 11.4 Å². The second-order valence-electron chi connectivity index (χ2n) is 7.10. The Hall–Kier alpha value is -2.67. The van der Waals surface area contributed by atoms with E-state index in [0.29, 0.717) is 17.1 Å². The number of amides is 1. The normalized spacial score (nSPS) is 10.4. The first-order chi connectivity index (χ1) is 14.1. The first-order valence-corrected chi connectivity index (χ1v) is 10.8. The van der Waals surface area contributed by atoms with E-state index in [0.717, 1.165) is 5.71 Å². The van der Waals surface area contributed by atoms with Gasteiger partial charge in [-0.25, -0.2) is 4.98 Å². The summed E-state index contributed by atoms with van der Waals surface area (Å²) < 4.78 is 0. The highest BCUT2D eigenvalue weighted by atomic mass is 32.1. The van der Waals surface area contributed by atoms with Crippen LogP contribution in [0, 0.1) is 5.41 Å². The van der Waals surface area contributed by atoms with Crippen LogP contribution in [0.5, 0.6) is 0 Å². The van der Waals surface area contributed by atoms with Crippen LogP contribution in [0.2, 0.25) is 0 Å². The van der Waals surface area contributed by atoms with Gasteiger partial charge >= 0.3 is 0 Å². The van der Waals surface area contributed by atoms with Crippen molar-refractivity contribution in [1.29, 1.82) is 0 Å². The van der Waals surface area contributed by atoms with Crippen LogP contribution in [0.3, 0.4) is 0 Å². The molecule has 1 atom stereocenters. The lowest BCUT2D eigenvalue weighted by molar-refractivity contribution is -0.00165. The van der Waals surface area contributed by atoms with E-state index in [1.165, 1.54) is 11.3 Å². The summed E-state index contributed by atoms with van der Waals surface area (Å²) >= 11 is 1.39. The van der Waals surface area contributed by atoms with Crippen molar-refractivity contribution in [2.75, 3.05) is 11.1 Å². The number of aromatic nitrogens is 1. The lowest BCUT2D eigenvalue weighted by Gasteiger charge is -2.24. The number of nitrogen functional groups attached to an aromatic ring is 1. The molecule has 2 rings (SSSR count). The topological polar surface area (TPSA) is 89.6 Å². The van der Waals surface area contributed by atoms with Crippen LogP contribution in [-0.2, 0) is 4.84 Å². The number of rotatable bonds is 4. The molecule has 0 radical (unpaired) electrons. The summed E-state index contributed by atoms with van der Waals surface area (Å²) in [5.74, 6) is -0.207. The summed E-state index contributed by atoms with van der Waals surface area (Å²) in [5, 5.41) is 8.33. The van der Waals surface area contributed by atoms with Gasteiger partial charge in [0, 0.05) is 22.2 Å². The minimum absolute atomic E-state index is 0.164. The zero-order valence-corrected chi connectivity index (χ0v) is 20.5. The molecule has 7 heteroatoms. The van der Waals surface area contributed by atoms with Gasteiger partial charge in [0.15, 0.2) is 0 Å². The summed E-state index contributed by atoms with van der Waals surface area (Å²) in [6, 6.07) is 6.96. The number of carbonyl (C=O) groups is 1. The molecule has 0 saturated heterocycles. The van der Waals surface area contributed by atoms with E-state index < -0.39 is 0 Å². The fourth-order valence-electron chi connectivity index (χ4n) is 1.43. The van der Waals surface area contributed by atoms with Gasteiger partial charge in [0.1, 0.15) is 11.8 Å². The average molecular weight is 435 g/mol. The zero-order chi connectivity index (χ0) is 23.7. The number of oxime groups is 1. The molecule has 30 heavy (non-hydrogen) atoms. The molecule has 0 spiro atoms. The fraction of sp³-hybridized carbons (Fsp3) is 0.435. The Morgan fingerprint density at radius 2 is 1.73 bits per heavy atom. The smallest absolute Gasteiger partial charge is 0.275 e. The predicted octanol–water partition coefficient (Wildman–Crippen LogP) is 6.64. The van der Waals surface area contributed by atoms with Crippen molar-refractivity contribution in [2.45, 2.75) is 61.5 Å². The Kier molecular flexibility index (Phi) is 15.9. The molecule has 1 unspecified atom stereocenters. The molecule has 1 heterocycles. The largest absolute Gasteiger partial charge is 0.399 e. The van der Waals surface area contributed by atoms with Crippen molar-refractivity contribution >= 4 is 34.3 Å². The number of nitrogens with one attached hydrogen (secondary N) is 1. The monoisotopic (exact) mass is 434 g/mol. The summed E-state index contributed by atoms with van der Waals surface area (Å²) in [7, 11) is 0. The highest BCUT2D eigenvalue weighted by Gasteiger charge is 2.21. The van der Waals surface area contributed by atoms with Crippen LogP contribution in [0.1, 0.15) is 65.9 Å². The van der Waals surface area contributed by atoms with Crippen LogP contribution >= 0.6 is 11.3 Å². The van der Waals surface area contributed by atoms with Crippen molar-refractivity contribution in [1.82, 2.24) is 4.98 Å². The fourth-order valence-corrected chi connectivity index (χ4v) is 1.96. The minimum atomic E-state index is -0.207. The van der Waals surface area contributed by atoms with Gasteiger partial charge in [-0.1, -0.05) is 39.8 Å². The molecular formula is C23H38N4O2S. The van der Waals surface area contributed by atoms with Crippen molar-refractivity contribution in [3.8, 4) is 0 Å². The molecule has 2 aromatic rings. The Morgan fingerprint density at radius 3 is 2.13 bits per heavy atom. The van der Waals surface area contributed by atoms with Gasteiger partial charge in [0.25, 0.3) is 5.91 Å². The van der Waals surface area contributed by atoms with Crippen molar-refractivity contribution in [2.24, 2.45) is 10.6 Å². The molecule has 0 aliphatic heterocycles. The molecule has 0 saturated carbocycles. The number of carbonyl (C=O) groups excluding carboxylic acids is 1. The van der Waals surface area contributed by atoms with E-state index in [9.17, 15) is 4.79 Å². The average Bonchev–Trinajstić information content (AvgIpc) is 3.26. The maximum atomic E-state index is 11.6. The molecule has 0 aliphatic carbocycles. The number of nitrogens with zero attached hydrogens (tertiary/aromatic N) is 2. The maximum absolute atomic E-state index is 11.6. The van der Waals surface area contributed by atoms with Gasteiger partial charge in [0.05, 0.1) is 11.2 Å². The number of hydrogen-bond acceptors (Lipinski definition) is 6. The molecule has 1 aromatic heterocycles. The van der Waals surface area contributed by atoms with E-state index in [1.54, 1.807) is 35.2 Å². The van der Waals surface area contributed by atoms with Crippen LogP contribution in [0.25, 0.3) is 0 Å². The third-order valence-electron chi connectivity index (χ3n) is 3.45. The lowest BCUT2D eigenvalue weighted by Crippen LogP contribution is -2.24. The zero-order valence-electron chi connectivity index (χ0n) is 19.7. The maximum Gasteiger partial charge on any atom is 0.275 e. The van der Waals surface area contributed by atoms with E-state index in [2.05, 4.69) is 49.4 Å². The van der Waals surface area contributed by atoms with Crippen LogP contribution in [0.15, 0.2) is 53.5 Å². The SMILES string of the molecule is C=C.CC.CC(C)=NOC(C)C(C)(C)C.Nc1ccc(NC(=O)c2cscn2)cc1. The molecule has 0 bridgehead atoms. The van der Waals surface area contributed by atoms with Crippen molar-refractivity contribution < 1.29 is 9.63 Å². The molecule has 1 amide bonds. The number of hydrogen-bond donors (Lipinski definition) is 2. The van der Waals surface area contributed by atoms with E-state index in [1.807, 2.05) is 34.6 Å². The second-order valence-corrected chi connectivity index (χ2v) is 7.82. The Labute approximate surface area is 186 Å². The highest BCUT2D eigenvalue weighted by Crippen LogP contribution is 2.21. The Morgan fingerprint density at radius 1 is 1.20 bits per heavy atom. The van der Waals surface area contributed by atoms with Crippen LogP contribution < -0.4 is 11.1 Å². The second kappa shape index (κ2) is 16.2. The van der Waals surface area contributed by atoms with Crippen molar-refractivity contribution in [3.05, 3.63) is 54.0 Å². The Balaban J connectivity index is 0. The number of thiazole rings is 1. The minimum Gasteiger partial charge on any atom is -0.399 e. The molecule has 1 aromatic carbocycles. The third kappa shape index (κ3) is 13.5. The number of benzene rings is 1. The predicted molar refractivity (Wildman–Crippen MR) is 132 cm³/mol. The third-order valence-corrected chi connectivity index (χ3v) is 4.03. The van der Waals surface area contributed by atoms with E-state index in [-0.39, 0.29) is 17.4 Å². The summed E-state index contributed by atoms with van der Waals surface area (Å²) in [5.41, 5.74) is 10.1. The summed E-state index contributed by atoms with van der Waals surface area (Å²) in [6.07, 6.45) is 0.164. The first-order valence-electron chi connectivity index (χ1n) is 9.81. The molecular weight excluding hydrogens is 396 g/mol. The van der Waals surface area contributed by atoms with Gasteiger partial charge < -0.3 is 15.9 Å². The van der Waals surface area contributed by atoms with Gasteiger partial charge in [-0.3, -0.25) is 4.79 Å². The molecule has 168 valence electrons. The molecule has 0 aliphatic rings. The summed E-state index contributed by atoms with van der Waals surface area (Å²) in [4.78, 5) is 20.7. The van der Waals surface area contributed by atoms with Gasteiger partial charge in [-0.05, 0) is 45.0 Å². The van der Waals surface area contributed by atoms with Crippen LogP contribution in [-0.4, -0.2) is 22.7 Å². The van der Waals surface area contributed by atoms with E-state index in [4.69, 9.17) is 10.6 Å². The first kappa shape index (κ1) is 29.5. The summed E-state index contributed by atoms with van der Waals surface area (Å²) in [6.45, 7) is 22.3. The van der Waals surface area contributed by atoms with Crippen molar-refractivity contribution in [3.63, 3.8) is 0 Å². The van der Waals surface area contributed by atoms with Gasteiger partial charge in [-0.2, -0.15) is 0 Å². The molecule has 0 fully saturated rings. The standard InChI is InChI=1S/C10H9N3OS.C9H19NO.C2H6.C2H4/c11-7-1-3-8(4-2-7)13-10(14)9-5-15-6-12-9;1-7(2)10-11-8(3)9(4,5)6;2*1-2/h1-6H,11H2,(H,13,14);8H,1-6H3;1-2H3;1-2H2. The number of nitrogens with two attached hydrogens (primary N) is 1. The van der Waals surface area contributed by atoms with Gasteiger partial charge in [-0.15, -0.1) is 24.5 Å².